The van der Waals surface area contributed by atoms with E-state index in [4.69, 9.17) is 0 Å². The molecule has 1 aliphatic carbocycles. The van der Waals surface area contributed by atoms with E-state index in [1.807, 2.05) is 18.8 Å². The molecule has 0 heterocycles. The van der Waals surface area contributed by atoms with E-state index in [-0.39, 0.29) is 6.04 Å². The van der Waals surface area contributed by atoms with Gasteiger partial charge in [-0.05, 0) is 37.9 Å². The highest BCUT2D eigenvalue weighted by Gasteiger charge is 2.30. The van der Waals surface area contributed by atoms with Gasteiger partial charge in [-0.1, -0.05) is 31.0 Å². The van der Waals surface area contributed by atoms with Crippen molar-refractivity contribution >= 4 is 11.8 Å². The molecule has 1 atom stereocenters. The number of thioether (sulfide) groups is 1. The molecule has 1 N–H and O–H groups in total. The number of benzene rings is 1. The summed E-state index contributed by atoms with van der Waals surface area (Å²) in [6.07, 6.45) is 1.57. The Morgan fingerprint density at radius 3 is 2.62 bits per heavy atom. The molecule has 1 aromatic rings. The summed E-state index contributed by atoms with van der Waals surface area (Å²) in [6, 6.07) is 5.89. The van der Waals surface area contributed by atoms with Crippen molar-refractivity contribution in [1.82, 2.24) is 5.32 Å². The van der Waals surface area contributed by atoms with E-state index in [0.717, 1.165) is 22.6 Å². The van der Waals surface area contributed by atoms with Gasteiger partial charge in [0.1, 0.15) is 0 Å². The maximum atomic E-state index is 12.7. The number of alkyl halides is 3. The van der Waals surface area contributed by atoms with E-state index in [0.29, 0.717) is 6.42 Å². The van der Waals surface area contributed by atoms with Crippen LogP contribution < -0.4 is 5.32 Å². The zero-order chi connectivity index (χ0) is 15.3. The third-order valence-corrected chi connectivity index (χ3v) is 5.52. The molecular formula is C16H22F3NS. The fourth-order valence-electron chi connectivity index (χ4n) is 2.71. The molecule has 0 saturated heterocycles. The van der Waals surface area contributed by atoms with Crippen LogP contribution in [0.1, 0.15) is 36.8 Å². The van der Waals surface area contributed by atoms with E-state index in [1.165, 1.54) is 37.8 Å². The van der Waals surface area contributed by atoms with E-state index >= 15 is 0 Å². The third-order valence-electron chi connectivity index (χ3n) is 3.98. The quantitative estimate of drug-likeness (QED) is 0.828. The average Bonchev–Trinajstić information content (AvgIpc) is 2.96. The summed E-state index contributed by atoms with van der Waals surface area (Å²) in [7, 11) is 1.88. The monoisotopic (exact) mass is 317 g/mol. The van der Waals surface area contributed by atoms with Gasteiger partial charge in [0.05, 0.1) is 5.56 Å². The Hall–Kier alpha value is -0.680. The second kappa shape index (κ2) is 7.54. The number of hydrogen-bond donors (Lipinski definition) is 1. The van der Waals surface area contributed by atoms with Crippen LogP contribution in [0.5, 0.6) is 0 Å². The van der Waals surface area contributed by atoms with Crippen molar-refractivity contribution in [3.63, 3.8) is 0 Å². The lowest BCUT2D eigenvalue weighted by atomic mass is 10.0. The molecule has 1 unspecified atom stereocenters. The maximum absolute atomic E-state index is 12.7. The highest BCUT2D eigenvalue weighted by Crippen LogP contribution is 2.31. The highest BCUT2D eigenvalue weighted by atomic mass is 32.2. The number of likely N-dealkylation sites (N-methyl/N-ethyl adjacent to an activating group) is 1. The van der Waals surface area contributed by atoms with Crippen LogP contribution in [0.25, 0.3) is 0 Å². The zero-order valence-electron chi connectivity index (χ0n) is 12.2. The van der Waals surface area contributed by atoms with Crippen LogP contribution in [-0.4, -0.2) is 24.1 Å². The first-order chi connectivity index (χ1) is 9.99. The van der Waals surface area contributed by atoms with E-state index < -0.39 is 11.7 Å². The van der Waals surface area contributed by atoms with Crippen molar-refractivity contribution in [2.24, 2.45) is 0 Å². The van der Waals surface area contributed by atoms with Gasteiger partial charge < -0.3 is 5.32 Å². The minimum absolute atomic E-state index is 0.221. The number of halogens is 3. The Labute approximate surface area is 128 Å². The summed E-state index contributed by atoms with van der Waals surface area (Å²) in [5.74, 6) is 0.956. The van der Waals surface area contributed by atoms with E-state index in [9.17, 15) is 13.2 Å². The summed E-state index contributed by atoms with van der Waals surface area (Å²) in [6.45, 7) is 0. The number of hydrogen-bond acceptors (Lipinski definition) is 2. The van der Waals surface area contributed by atoms with Crippen molar-refractivity contribution in [1.29, 1.82) is 0 Å². The molecule has 2 rings (SSSR count). The summed E-state index contributed by atoms with van der Waals surface area (Å²) < 4.78 is 38.2. The lowest BCUT2D eigenvalue weighted by Crippen LogP contribution is -2.30. The Morgan fingerprint density at radius 1 is 1.29 bits per heavy atom. The fraction of sp³-hybridized carbons (Fsp3) is 0.625. The van der Waals surface area contributed by atoms with E-state index in [1.54, 1.807) is 6.07 Å². The topological polar surface area (TPSA) is 12.0 Å². The standard InChI is InChI=1S/C16H22F3NS/c1-20-14(11-21-15-7-2-3-8-15)10-12-5-4-6-13(9-12)16(17,18)19/h4-6,9,14-15,20H,2-3,7-8,10-11H2,1H3. The molecule has 118 valence electrons. The number of nitrogens with one attached hydrogen (secondary N) is 1. The molecule has 1 saturated carbocycles. The van der Waals surface area contributed by atoms with Crippen molar-refractivity contribution in [2.75, 3.05) is 12.8 Å². The van der Waals surface area contributed by atoms with Crippen LogP contribution in [0.4, 0.5) is 13.2 Å². The van der Waals surface area contributed by atoms with Gasteiger partial charge in [0, 0.05) is 17.0 Å². The fourth-order valence-corrected chi connectivity index (χ4v) is 4.17. The third kappa shape index (κ3) is 5.22. The van der Waals surface area contributed by atoms with Crippen molar-refractivity contribution in [3.8, 4) is 0 Å². The molecule has 0 bridgehead atoms. The minimum Gasteiger partial charge on any atom is -0.316 e. The second-order valence-corrected chi connectivity index (χ2v) is 6.96. The highest BCUT2D eigenvalue weighted by molar-refractivity contribution is 7.99. The molecule has 0 radical (unpaired) electrons. The van der Waals surface area contributed by atoms with Crippen LogP contribution in [-0.2, 0) is 12.6 Å². The van der Waals surface area contributed by atoms with Crippen LogP contribution in [0.2, 0.25) is 0 Å². The molecule has 1 nitrogen and oxygen atoms in total. The Morgan fingerprint density at radius 2 is 2.00 bits per heavy atom. The molecule has 1 aliphatic rings. The molecule has 21 heavy (non-hydrogen) atoms. The molecule has 1 aromatic carbocycles. The lowest BCUT2D eigenvalue weighted by Gasteiger charge is -2.19. The summed E-state index contributed by atoms with van der Waals surface area (Å²) in [5, 5.41) is 3.97. The normalized spacial score (nSPS) is 18.1. The van der Waals surface area contributed by atoms with Gasteiger partial charge >= 0.3 is 6.18 Å². The van der Waals surface area contributed by atoms with Gasteiger partial charge in [-0.25, -0.2) is 0 Å². The van der Waals surface area contributed by atoms with Gasteiger partial charge in [0.2, 0.25) is 0 Å². The summed E-state index contributed by atoms with van der Waals surface area (Å²) in [4.78, 5) is 0. The first-order valence-electron chi connectivity index (χ1n) is 7.44. The predicted octanol–water partition coefficient (Wildman–Crippen LogP) is 4.51. The first kappa shape index (κ1) is 16.7. The predicted molar refractivity (Wildman–Crippen MR) is 82.7 cm³/mol. The number of rotatable bonds is 6. The van der Waals surface area contributed by atoms with Crippen molar-refractivity contribution in [3.05, 3.63) is 35.4 Å². The first-order valence-corrected chi connectivity index (χ1v) is 8.49. The van der Waals surface area contributed by atoms with Crippen LogP contribution in [0.3, 0.4) is 0 Å². The molecule has 1 fully saturated rings. The Bertz CT molecular complexity index is 441. The molecule has 0 aliphatic heterocycles. The van der Waals surface area contributed by atoms with Crippen molar-refractivity contribution in [2.45, 2.75) is 49.6 Å². The minimum atomic E-state index is -4.26. The molecule has 5 heteroatoms. The largest absolute Gasteiger partial charge is 0.416 e. The molecular weight excluding hydrogens is 295 g/mol. The zero-order valence-corrected chi connectivity index (χ0v) is 13.1. The van der Waals surface area contributed by atoms with Gasteiger partial charge in [0.25, 0.3) is 0 Å². The van der Waals surface area contributed by atoms with Crippen molar-refractivity contribution < 1.29 is 13.2 Å². The van der Waals surface area contributed by atoms with Crippen LogP contribution in [0, 0.1) is 0 Å². The smallest absolute Gasteiger partial charge is 0.316 e. The average molecular weight is 317 g/mol. The van der Waals surface area contributed by atoms with Gasteiger partial charge in [-0.15, -0.1) is 0 Å². The molecule has 0 aromatic heterocycles. The SMILES string of the molecule is CNC(CSC1CCCC1)Cc1cccc(C(F)(F)F)c1. The summed E-state index contributed by atoms with van der Waals surface area (Å²) >= 11 is 1.96. The maximum Gasteiger partial charge on any atom is 0.416 e. The van der Waals surface area contributed by atoms with Gasteiger partial charge in [0.15, 0.2) is 0 Å². The Kier molecular flexibility index (Phi) is 5.99. The van der Waals surface area contributed by atoms with Gasteiger partial charge in [-0.2, -0.15) is 24.9 Å². The summed E-state index contributed by atoms with van der Waals surface area (Å²) in [5.41, 5.74) is 0.189. The van der Waals surface area contributed by atoms with Gasteiger partial charge in [-0.3, -0.25) is 0 Å². The molecule has 0 spiro atoms. The lowest BCUT2D eigenvalue weighted by molar-refractivity contribution is -0.137. The Balaban J connectivity index is 1.91. The van der Waals surface area contributed by atoms with E-state index in [2.05, 4.69) is 5.32 Å². The second-order valence-electron chi connectivity index (χ2n) is 5.63. The van der Waals surface area contributed by atoms with Crippen LogP contribution in [0.15, 0.2) is 24.3 Å². The molecule has 0 amide bonds. The van der Waals surface area contributed by atoms with Crippen LogP contribution >= 0.6 is 11.8 Å².